The van der Waals surface area contributed by atoms with Crippen molar-refractivity contribution in [2.24, 2.45) is 0 Å². The van der Waals surface area contributed by atoms with Crippen LogP contribution in [0.1, 0.15) is 6.42 Å². The molecule has 1 heterocycles. The van der Waals surface area contributed by atoms with Gasteiger partial charge >= 0.3 is 0 Å². The van der Waals surface area contributed by atoms with Crippen LogP contribution >= 0.6 is 0 Å². The summed E-state index contributed by atoms with van der Waals surface area (Å²) < 4.78 is 12.2. The highest BCUT2D eigenvalue weighted by Crippen LogP contribution is 2.31. The SMILES string of the molecule is C=CC1CC=C(C(=C)COC)[Si](c2ccccc2)(c2ccccc2)O1. The summed E-state index contributed by atoms with van der Waals surface area (Å²) in [6.07, 6.45) is 5.01. The number of hydrogen-bond acceptors (Lipinski definition) is 2. The smallest absolute Gasteiger partial charge is 0.288 e. The van der Waals surface area contributed by atoms with Crippen molar-refractivity contribution in [2.75, 3.05) is 13.7 Å². The monoisotopic (exact) mass is 348 g/mol. The Bertz CT molecular complexity index is 726. The van der Waals surface area contributed by atoms with Gasteiger partial charge in [-0.05, 0) is 27.6 Å². The fraction of sp³-hybridized carbons (Fsp3) is 0.182. The Balaban J connectivity index is 2.26. The first kappa shape index (κ1) is 17.6. The standard InChI is InChI=1S/C22H24O2Si/c1-4-19-15-16-22(18(2)17-23-3)25(24-19,20-11-7-5-8-12-20)21-13-9-6-10-14-21/h4-14,16,19H,1-2,15,17H2,3H3. The van der Waals surface area contributed by atoms with E-state index in [1.54, 1.807) is 7.11 Å². The average Bonchev–Trinajstić information content (AvgIpc) is 2.69. The summed E-state index contributed by atoms with van der Waals surface area (Å²) in [6.45, 7) is 8.77. The molecule has 0 saturated heterocycles. The molecule has 1 aliphatic rings. The van der Waals surface area contributed by atoms with Gasteiger partial charge in [-0.1, -0.05) is 79.4 Å². The number of ether oxygens (including phenoxy) is 1. The van der Waals surface area contributed by atoms with Gasteiger partial charge in [-0.15, -0.1) is 6.58 Å². The molecule has 0 spiro atoms. The third kappa shape index (κ3) is 3.31. The third-order valence-electron chi connectivity index (χ3n) is 4.58. The van der Waals surface area contributed by atoms with Crippen LogP contribution in [-0.4, -0.2) is 28.1 Å². The van der Waals surface area contributed by atoms with E-state index in [1.807, 2.05) is 18.2 Å². The van der Waals surface area contributed by atoms with Crippen molar-refractivity contribution in [3.05, 3.63) is 96.7 Å². The Kier molecular flexibility index (Phi) is 5.49. The van der Waals surface area contributed by atoms with Gasteiger partial charge in [0.25, 0.3) is 8.32 Å². The summed E-state index contributed by atoms with van der Waals surface area (Å²) >= 11 is 0. The Morgan fingerprint density at radius 3 is 2.16 bits per heavy atom. The molecule has 0 fully saturated rings. The van der Waals surface area contributed by atoms with Crippen LogP contribution in [0.3, 0.4) is 0 Å². The maximum absolute atomic E-state index is 6.81. The zero-order valence-corrected chi connectivity index (χ0v) is 15.7. The fourth-order valence-electron chi connectivity index (χ4n) is 3.47. The van der Waals surface area contributed by atoms with Crippen LogP contribution in [0.4, 0.5) is 0 Å². The molecule has 2 aromatic rings. The summed E-state index contributed by atoms with van der Waals surface area (Å²) in [6, 6.07) is 21.0. The molecule has 2 aromatic carbocycles. The van der Waals surface area contributed by atoms with Gasteiger partial charge in [-0.2, -0.15) is 0 Å². The van der Waals surface area contributed by atoms with Gasteiger partial charge in [0.2, 0.25) is 0 Å². The van der Waals surface area contributed by atoms with Gasteiger partial charge in [0, 0.05) is 7.11 Å². The molecule has 0 radical (unpaired) electrons. The van der Waals surface area contributed by atoms with Crippen LogP contribution in [0.2, 0.25) is 0 Å². The Morgan fingerprint density at radius 2 is 1.68 bits per heavy atom. The maximum Gasteiger partial charge on any atom is 0.288 e. The first-order valence-corrected chi connectivity index (χ1v) is 10.4. The molecule has 1 aliphatic heterocycles. The van der Waals surface area contributed by atoms with Crippen LogP contribution in [0, 0.1) is 0 Å². The molecule has 3 heteroatoms. The highest BCUT2D eigenvalue weighted by molar-refractivity contribution is 7.03. The second-order valence-corrected chi connectivity index (χ2v) is 9.49. The molecular formula is C22H24O2Si. The van der Waals surface area contributed by atoms with E-state index in [0.717, 1.165) is 12.0 Å². The van der Waals surface area contributed by atoms with Crippen molar-refractivity contribution < 1.29 is 9.16 Å². The lowest BCUT2D eigenvalue weighted by atomic mass is 10.2. The van der Waals surface area contributed by atoms with E-state index in [2.05, 4.69) is 67.8 Å². The van der Waals surface area contributed by atoms with Crippen molar-refractivity contribution in [1.82, 2.24) is 0 Å². The van der Waals surface area contributed by atoms with Gasteiger partial charge < -0.3 is 9.16 Å². The van der Waals surface area contributed by atoms with E-state index in [1.165, 1.54) is 15.6 Å². The molecule has 1 unspecified atom stereocenters. The second-order valence-electron chi connectivity index (χ2n) is 6.20. The van der Waals surface area contributed by atoms with Crippen LogP contribution in [0.15, 0.2) is 96.7 Å². The molecule has 0 saturated carbocycles. The third-order valence-corrected chi connectivity index (χ3v) is 8.85. The number of benzene rings is 2. The highest BCUT2D eigenvalue weighted by atomic mass is 28.4. The van der Waals surface area contributed by atoms with Gasteiger partial charge in [0.05, 0.1) is 12.7 Å². The van der Waals surface area contributed by atoms with Crippen molar-refractivity contribution in [2.45, 2.75) is 12.5 Å². The van der Waals surface area contributed by atoms with Crippen LogP contribution in [-0.2, 0) is 9.16 Å². The largest absolute Gasteiger partial charge is 0.397 e. The lowest BCUT2D eigenvalue weighted by Gasteiger charge is -2.41. The maximum atomic E-state index is 6.81. The molecule has 0 aromatic heterocycles. The van der Waals surface area contributed by atoms with E-state index in [-0.39, 0.29) is 6.10 Å². The topological polar surface area (TPSA) is 18.5 Å². The number of hydrogen-bond donors (Lipinski definition) is 0. The lowest BCUT2D eigenvalue weighted by molar-refractivity contribution is 0.224. The molecule has 3 rings (SSSR count). The van der Waals surface area contributed by atoms with E-state index in [0.29, 0.717) is 6.61 Å². The Hall–Kier alpha value is -2.20. The Labute approximate surface area is 151 Å². The fourth-order valence-corrected chi connectivity index (χ4v) is 7.77. The minimum atomic E-state index is -2.64. The normalized spacial score (nSPS) is 19.1. The highest BCUT2D eigenvalue weighted by Gasteiger charge is 2.47. The zero-order chi connectivity index (χ0) is 17.7. The number of methoxy groups -OCH3 is 1. The quantitative estimate of drug-likeness (QED) is 0.588. The van der Waals surface area contributed by atoms with Gasteiger partial charge in [-0.25, -0.2) is 0 Å². The first-order chi connectivity index (χ1) is 12.2. The molecule has 128 valence electrons. The van der Waals surface area contributed by atoms with Crippen LogP contribution in [0.25, 0.3) is 0 Å². The Morgan fingerprint density at radius 1 is 1.12 bits per heavy atom. The van der Waals surface area contributed by atoms with Gasteiger partial charge in [0.15, 0.2) is 0 Å². The van der Waals surface area contributed by atoms with E-state index in [4.69, 9.17) is 9.16 Å². The summed E-state index contributed by atoms with van der Waals surface area (Å²) in [5.74, 6) is 0. The van der Waals surface area contributed by atoms with Crippen LogP contribution in [0.5, 0.6) is 0 Å². The van der Waals surface area contributed by atoms with Gasteiger partial charge in [0.1, 0.15) is 0 Å². The molecule has 0 amide bonds. The van der Waals surface area contributed by atoms with E-state index >= 15 is 0 Å². The molecular weight excluding hydrogens is 324 g/mol. The van der Waals surface area contributed by atoms with Crippen molar-refractivity contribution >= 4 is 18.7 Å². The lowest BCUT2D eigenvalue weighted by Crippen LogP contribution is -2.65. The summed E-state index contributed by atoms with van der Waals surface area (Å²) in [5, 5.41) is 3.64. The number of rotatable bonds is 6. The van der Waals surface area contributed by atoms with Gasteiger partial charge in [-0.3, -0.25) is 0 Å². The predicted octanol–water partition coefficient (Wildman–Crippen LogP) is 3.39. The average molecular weight is 349 g/mol. The first-order valence-electron chi connectivity index (χ1n) is 8.51. The molecule has 0 aliphatic carbocycles. The second kappa shape index (κ2) is 7.79. The summed E-state index contributed by atoms with van der Waals surface area (Å²) in [5.41, 5.74) is 0.990. The predicted molar refractivity (Wildman–Crippen MR) is 107 cm³/mol. The molecule has 0 bridgehead atoms. The van der Waals surface area contributed by atoms with Crippen molar-refractivity contribution in [3.8, 4) is 0 Å². The minimum Gasteiger partial charge on any atom is -0.397 e. The van der Waals surface area contributed by atoms with Crippen molar-refractivity contribution in [1.29, 1.82) is 0 Å². The molecule has 2 nitrogen and oxygen atoms in total. The molecule has 1 atom stereocenters. The summed E-state index contributed by atoms with van der Waals surface area (Å²) in [4.78, 5) is 0. The van der Waals surface area contributed by atoms with Crippen LogP contribution < -0.4 is 10.4 Å². The van der Waals surface area contributed by atoms with Crippen molar-refractivity contribution in [3.63, 3.8) is 0 Å². The zero-order valence-electron chi connectivity index (χ0n) is 14.7. The summed E-state index contributed by atoms with van der Waals surface area (Å²) in [7, 11) is -0.934. The molecule has 25 heavy (non-hydrogen) atoms. The molecule has 0 N–H and O–H groups in total. The van der Waals surface area contributed by atoms with E-state index in [9.17, 15) is 0 Å². The minimum absolute atomic E-state index is 0.00572. The van der Waals surface area contributed by atoms with E-state index < -0.39 is 8.32 Å².